The van der Waals surface area contributed by atoms with E-state index in [0.717, 1.165) is 22.5 Å². The number of hydrogen-bond donors (Lipinski definition) is 1. The van der Waals surface area contributed by atoms with E-state index < -0.39 is 24.3 Å². The third kappa shape index (κ3) is 4.68. The highest BCUT2D eigenvalue weighted by Crippen LogP contribution is 2.31. The third-order valence-corrected chi connectivity index (χ3v) is 4.00. The summed E-state index contributed by atoms with van der Waals surface area (Å²) in [7, 11) is 3.02. The number of amides is 1. The second-order valence-corrected chi connectivity index (χ2v) is 5.90. The van der Waals surface area contributed by atoms with E-state index in [1.807, 2.05) is 0 Å². The number of ether oxygens (including phenoxy) is 2. The van der Waals surface area contributed by atoms with E-state index in [-0.39, 0.29) is 17.6 Å². The van der Waals surface area contributed by atoms with Crippen molar-refractivity contribution in [2.75, 3.05) is 20.8 Å². The summed E-state index contributed by atoms with van der Waals surface area (Å²) in [5, 5.41) is 9.96. The molecule has 3 rings (SSSR count). The monoisotopic (exact) mass is 410 g/mol. The van der Waals surface area contributed by atoms with Crippen LogP contribution < -0.4 is 19.6 Å². The van der Waals surface area contributed by atoms with Crippen LogP contribution in [-0.2, 0) is 17.5 Å². The zero-order chi connectivity index (χ0) is 21.0. The van der Waals surface area contributed by atoms with Crippen molar-refractivity contribution >= 4 is 16.9 Å². The van der Waals surface area contributed by atoms with Gasteiger partial charge in [-0.1, -0.05) is 10.9 Å². The lowest BCUT2D eigenvalue weighted by atomic mass is 10.2. The third-order valence-electron chi connectivity index (χ3n) is 4.00. The number of methoxy groups -OCH3 is 2. The summed E-state index contributed by atoms with van der Waals surface area (Å²) in [6.45, 7) is -0.263. The molecule has 0 unspecified atom stereocenters. The van der Waals surface area contributed by atoms with E-state index >= 15 is 0 Å². The topological polar surface area (TPSA) is 87.5 Å². The Labute approximate surface area is 163 Å². The van der Waals surface area contributed by atoms with Crippen LogP contribution in [0.1, 0.15) is 11.1 Å². The van der Waals surface area contributed by atoms with Crippen molar-refractivity contribution < 1.29 is 32.3 Å². The largest absolute Gasteiger partial charge is 0.493 e. The standard InChI is InChI=1S/C18H17F3N4O4/c1-27-15-6-3-11(7-16(15)28-2)9-22-17(26)10-29-25-14-8-12(18(19,20)21)4-5-13(14)23-24-25/h3-8H,9-10H2,1-2H3,(H,22,26). The predicted octanol–water partition coefficient (Wildman–Crippen LogP) is 2.21. The van der Waals surface area contributed by atoms with Crippen molar-refractivity contribution in [2.24, 2.45) is 0 Å². The number of hydrogen-bond acceptors (Lipinski definition) is 6. The van der Waals surface area contributed by atoms with Gasteiger partial charge in [0.1, 0.15) is 11.0 Å². The summed E-state index contributed by atoms with van der Waals surface area (Å²) < 4.78 is 48.9. The first-order valence-electron chi connectivity index (χ1n) is 8.35. The van der Waals surface area contributed by atoms with Crippen molar-refractivity contribution in [2.45, 2.75) is 12.7 Å². The van der Waals surface area contributed by atoms with Gasteiger partial charge >= 0.3 is 6.18 Å². The van der Waals surface area contributed by atoms with Crippen molar-refractivity contribution in [3.63, 3.8) is 0 Å². The van der Waals surface area contributed by atoms with Crippen LogP contribution >= 0.6 is 0 Å². The Morgan fingerprint density at radius 1 is 1.10 bits per heavy atom. The lowest BCUT2D eigenvalue weighted by molar-refractivity contribution is -0.137. The number of fused-ring (bicyclic) bond motifs is 1. The molecule has 1 N–H and O–H groups in total. The zero-order valence-electron chi connectivity index (χ0n) is 15.5. The highest BCUT2D eigenvalue weighted by Gasteiger charge is 2.31. The highest BCUT2D eigenvalue weighted by molar-refractivity contribution is 5.78. The van der Waals surface area contributed by atoms with E-state index in [0.29, 0.717) is 11.5 Å². The molecule has 0 aliphatic rings. The van der Waals surface area contributed by atoms with Crippen LogP contribution in [0.2, 0.25) is 0 Å². The molecule has 29 heavy (non-hydrogen) atoms. The van der Waals surface area contributed by atoms with E-state index in [4.69, 9.17) is 14.3 Å². The maximum absolute atomic E-state index is 12.9. The smallest absolute Gasteiger partial charge is 0.416 e. The van der Waals surface area contributed by atoms with Crippen molar-refractivity contribution in [1.29, 1.82) is 0 Å². The number of nitrogens with one attached hydrogen (secondary N) is 1. The summed E-state index contributed by atoms with van der Waals surface area (Å²) >= 11 is 0. The predicted molar refractivity (Wildman–Crippen MR) is 95.4 cm³/mol. The van der Waals surface area contributed by atoms with E-state index in [1.54, 1.807) is 18.2 Å². The molecule has 0 fully saturated rings. The van der Waals surface area contributed by atoms with Gasteiger partial charge in [-0.15, -0.1) is 5.10 Å². The quantitative estimate of drug-likeness (QED) is 0.643. The average molecular weight is 410 g/mol. The fourth-order valence-corrected chi connectivity index (χ4v) is 2.53. The number of benzene rings is 2. The Balaban J connectivity index is 1.61. The molecule has 1 amide bonds. The average Bonchev–Trinajstić information content (AvgIpc) is 3.12. The summed E-state index contributed by atoms with van der Waals surface area (Å²) in [6.07, 6.45) is -4.51. The normalized spacial score (nSPS) is 11.3. The van der Waals surface area contributed by atoms with E-state index in [2.05, 4.69) is 15.6 Å². The molecule has 2 aromatic carbocycles. The van der Waals surface area contributed by atoms with Gasteiger partial charge in [0.05, 0.1) is 19.8 Å². The van der Waals surface area contributed by atoms with Gasteiger partial charge in [-0.25, -0.2) is 0 Å². The zero-order valence-corrected chi connectivity index (χ0v) is 15.5. The summed E-state index contributed by atoms with van der Waals surface area (Å²) in [5.41, 5.74) is 0.114. The summed E-state index contributed by atoms with van der Waals surface area (Å²) in [6, 6.07) is 8.11. The molecule has 0 aliphatic heterocycles. The molecular weight excluding hydrogens is 393 g/mol. The molecule has 1 heterocycles. The van der Waals surface area contributed by atoms with Crippen molar-refractivity contribution in [3.8, 4) is 11.5 Å². The highest BCUT2D eigenvalue weighted by atomic mass is 19.4. The first-order valence-corrected chi connectivity index (χ1v) is 8.35. The van der Waals surface area contributed by atoms with Gasteiger partial charge in [0, 0.05) is 6.54 Å². The SMILES string of the molecule is COc1ccc(CNC(=O)COn2nnc3ccc(C(F)(F)F)cc32)cc1OC. The van der Waals surface area contributed by atoms with Gasteiger partial charge in [0.2, 0.25) is 0 Å². The number of nitrogens with zero attached hydrogens (tertiary/aromatic N) is 3. The molecule has 8 nitrogen and oxygen atoms in total. The molecule has 11 heteroatoms. The fourth-order valence-electron chi connectivity index (χ4n) is 2.53. The minimum atomic E-state index is -4.51. The van der Waals surface area contributed by atoms with Crippen LogP contribution in [0, 0.1) is 0 Å². The molecule has 0 spiro atoms. The number of halogens is 3. The lowest BCUT2D eigenvalue weighted by Gasteiger charge is -2.11. The fraction of sp³-hybridized carbons (Fsp3) is 0.278. The van der Waals surface area contributed by atoms with Crippen molar-refractivity contribution in [3.05, 3.63) is 47.5 Å². The molecule has 0 radical (unpaired) electrons. The van der Waals surface area contributed by atoms with Crippen LogP contribution in [-0.4, -0.2) is 41.9 Å². The Morgan fingerprint density at radius 2 is 1.86 bits per heavy atom. The van der Waals surface area contributed by atoms with Gasteiger partial charge in [0.25, 0.3) is 5.91 Å². The molecule has 0 aliphatic carbocycles. The number of aromatic nitrogens is 3. The van der Waals surface area contributed by atoms with Crippen LogP contribution in [0.5, 0.6) is 11.5 Å². The van der Waals surface area contributed by atoms with Gasteiger partial charge < -0.3 is 19.6 Å². The van der Waals surface area contributed by atoms with Gasteiger partial charge in [-0.3, -0.25) is 4.79 Å². The molecular formula is C18H17F3N4O4. The van der Waals surface area contributed by atoms with Gasteiger partial charge in [-0.05, 0) is 41.1 Å². The first-order chi connectivity index (χ1) is 13.8. The van der Waals surface area contributed by atoms with Crippen LogP contribution in [0.4, 0.5) is 13.2 Å². The summed E-state index contributed by atoms with van der Waals surface area (Å²) in [4.78, 5) is 18.0. The Kier molecular flexibility index (Phi) is 5.76. The Bertz CT molecular complexity index is 1020. The Morgan fingerprint density at radius 3 is 2.55 bits per heavy atom. The van der Waals surface area contributed by atoms with E-state index in [9.17, 15) is 18.0 Å². The second kappa shape index (κ2) is 8.25. The van der Waals surface area contributed by atoms with E-state index in [1.165, 1.54) is 20.3 Å². The van der Waals surface area contributed by atoms with Crippen LogP contribution in [0.15, 0.2) is 36.4 Å². The molecule has 0 saturated heterocycles. The maximum Gasteiger partial charge on any atom is 0.416 e. The molecule has 0 bridgehead atoms. The molecule has 0 atom stereocenters. The molecule has 0 saturated carbocycles. The number of carbonyl (C=O) groups is 1. The summed E-state index contributed by atoms with van der Waals surface area (Å²) in [5.74, 6) is 0.586. The Hall–Kier alpha value is -3.50. The lowest BCUT2D eigenvalue weighted by Crippen LogP contribution is -2.31. The minimum Gasteiger partial charge on any atom is -0.493 e. The number of carbonyl (C=O) groups excluding carboxylic acids is 1. The number of alkyl halides is 3. The van der Waals surface area contributed by atoms with Crippen LogP contribution in [0.3, 0.4) is 0 Å². The second-order valence-electron chi connectivity index (χ2n) is 5.90. The molecule has 154 valence electrons. The van der Waals surface area contributed by atoms with Crippen molar-refractivity contribution in [1.82, 2.24) is 20.5 Å². The van der Waals surface area contributed by atoms with Crippen LogP contribution in [0.25, 0.3) is 11.0 Å². The van der Waals surface area contributed by atoms with Gasteiger partial charge in [0.15, 0.2) is 18.1 Å². The molecule has 3 aromatic rings. The maximum atomic E-state index is 12.9. The number of rotatable bonds is 7. The minimum absolute atomic E-state index is 0.00696. The first kappa shape index (κ1) is 20.2. The molecule has 1 aromatic heterocycles. The van der Waals surface area contributed by atoms with Gasteiger partial charge in [-0.2, -0.15) is 13.2 Å².